The molecule has 1 saturated heterocycles. The monoisotopic (exact) mass is 285 g/mol. The van der Waals surface area contributed by atoms with Gasteiger partial charge in [0, 0.05) is 43.8 Å². The normalized spacial score (nSPS) is 19.6. The van der Waals surface area contributed by atoms with Gasteiger partial charge in [0.2, 0.25) is 0 Å². The summed E-state index contributed by atoms with van der Waals surface area (Å²) in [6, 6.07) is 6.26. The Bertz CT molecular complexity index is 552. The molecule has 1 fully saturated rings. The zero-order chi connectivity index (χ0) is 14.5. The fourth-order valence-corrected chi connectivity index (χ4v) is 3.20. The van der Waals surface area contributed by atoms with E-state index >= 15 is 0 Å². The maximum atomic E-state index is 4.39. The van der Waals surface area contributed by atoms with Crippen molar-refractivity contribution in [2.45, 2.75) is 25.8 Å². The van der Waals surface area contributed by atoms with Gasteiger partial charge in [-0.05, 0) is 43.9 Å². The summed E-state index contributed by atoms with van der Waals surface area (Å²) in [5.74, 6) is 1.71. The summed E-state index contributed by atoms with van der Waals surface area (Å²) in [4.78, 5) is 6.94. The van der Waals surface area contributed by atoms with Crippen molar-refractivity contribution in [3.63, 3.8) is 0 Å². The second-order valence-corrected chi connectivity index (χ2v) is 5.79. The topological polar surface area (TPSA) is 56.8 Å². The van der Waals surface area contributed by atoms with Gasteiger partial charge in [-0.2, -0.15) is 5.10 Å². The standard InChI is InChI=1S/C16H23N5/c1-17-16-14(5-2-7-18-16)12-21-9-3-4-13(11-21)10-15-6-8-19-20-15/h2,5-8,13H,3-4,9-12H2,1H3,(H,17,18)(H,19,20). The van der Waals surface area contributed by atoms with E-state index in [1.54, 1.807) is 0 Å². The van der Waals surface area contributed by atoms with Crippen LogP contribution in [0.1, 0.15) is 24.1 Å². The van der Waals surface area contributed by atoms with Crippen molar-refractivity contribution in [2.24, 2.45) is 5.92 Å². The van der Waals surface area contributed by atoms with Crippen LogP contribution in [0.2, 0.25) is 0 Å². The number of hydrogen-bond donors (Lipinski definition) is 2. The molecule has 0 aromatic carbocycles. The molecule has 2 aromatic rings. The number of H-pyrrole nitrogens is 1. The lowest BCUT2D eigenvalue weighted by Crippen LogP contribution is -2.36. The fourth-order valence-electron chi connectivity index (χ4n) is 3.20. The van der Waals surface area contributed by atoms with Crippen LogP contribution in [0.5, 0.6) is 0 Å². The summed E-state index contributed by atoms with van der Waals surface area (Å²) in [6.07, 6.45) is 7.36. The molecule has 2 N–H and O–H groups in total. The molecule has 2 aromatic heterocycles. The van der Waals surface area contributed by atoms with Gasteiger partial charge in [-0.1, -0.05) is 6.07 Å². The SMILES string of the molecule is CNc1ncccc1CN1CCCC(Cc2ccn[nH]2)C1. The number of anilines is 1. The summed E-state index contributed by atoms with van der Waals surface area (Å²) in [7, 11) is 1.93. The third-order valence-corrected chi connectivity index (χ3v) is 4.19. The smallest absolute Gasteiger partial charge is 0.130 e. The minimum absolute atomic E-state index is 0.717. The van der Waals surface area contributed by atoms with E-state index in [-0.39, 0.29) is 0 Å². The summed E-state index contributed by atoms with van der Waals surface area (Å²) in [5.41, 5.74) is 2.53. The molecule has 3 heterocycles. The summed E-state index contributed by atoms with van der Waals surface area (Å²) < 4.78 is 0. The predicted molar refractivity (Wildman–Crippen MR) is 84.1 cm³/mol. The Morgan fingerprint density at radius 3 is 3.14 bits per heavy atom. The van der Waals surface area contributed by atoms with Gasteiger partial charge in [-0.3, -0.25) is 10.00 Å². The van der Waals surface area contributed by atoms with Gasteiger partial charge >= 0.3 is 0 Å². The average molecular weight is 285 g/mol. The molecule has 5 heteroatoms. The fraction of sp³-hybridized carbons (Fsp3) is 0.500. The zero-order valence-corrected chi connectivity index (χ0v) is 12.5. The van der Waals surface area contributed by atoms with Gasteiger partial charge in [0.25, 0.3) is 0 Å². The number of aromatic amines is 1. The molecule has 1 aliphatic rings. The van der Waals surface area contributed by atoms with Gasteiger partial charge < -0.3 is 5.32 Å². The Labute approximate surface area is 125 Å². The summed E-state index contributed by atoms with van der Waals surface area (Å²) in [5, 5.41) is 10.3. The molecular weight excluding hydrogens is 262 g/mol. The van der Waals surface area contributed by atoms with E-state index in [2.05, 4.69) is 37.5 Å². The highest BCUT2D eigenvalue weighted by Crippen LogP contribution is 2.23. The van der Waals surface area contributed by atoms with Crippen LogP contribution in [-0.4, -0.2) is 40.2 Å². The lowest BCUT2D eigenvalue weighted by molar-refractivity contribution is 0.166. The van der Waals surface area contributed by atoms with Crippen molar-refractivity contribution >= 4 is 5.82 Å². The van der Waals surface area contributed by atoms with E-state index in [1.807, 2.05) is 25.5 Å². The summed E-state index contributed by atoms with van der Waals surface area (Å²) in [6.45, 7) is 3.30. The highest BCUT2D eigenvalue weighted by Gasteiger charge is 2.21. The molecule has 0 aliphatic carbocycles. The van der Waals surface area contributed by atoms with E-state index in [4.69, 9.17) is 0 Å². The number of rotatable bonds is 5. The Kier molecular flexibility index (Phi) is 4.50. The predicted octanol–water partition coefficient (Wildman–Crippen LogP) is 2.30. The minimum atomic E-state index is 0.717. The molecular formula is C16H23N5. The first-order valence-electron chi connectivity index (χ1n) is 7.67. The Morgan fingerprint density at radius 1 is 1.38 bits per heavy atom. The molecule has 0 radical (unpaired) electrons. The molecule has 1 unspecified atom stereocenters. The molecule has 1 atom stereocenters. The largest absolute Gasteiger partial charge is 0.373 e. The van der Waals surface area contributed by atoms with Crippen molar-refractivity contribution in [1.82, 2.24) is 20.1 Å². The van der Waals surface area contributed by atoms with E-state index < -0.39 is 0 Å². The molecule has 0 amide bonds. The van der Waals surface area contributed by atoms with Gasteiger partial charge in [0.05, 0.1) is 0 Å². The van der Waals surface area contributed by atoms with Gasteiger partial charge in [-0.15, -0.1) is 0 Å². The zero-order valence-electron chi connectivity index (χ0n) is 12.5. The van der Waals surface area contributed by atoms with E-state index in [1.165, 1.54) is 30.6 Å². The first-order valence-corrected chi connectivity index (χ1v) is 7.67. The van der Waals surface area contributed by atoms with Crippen molar-refractivity contribution in [3.8, 4) is 0 Å². The van der Waals surface area contributed by atoms with Gasteiger partial charge in [-0.25, -0.2) is 4.98 Å². The number of nitrogens with one attached hydrogen (secondary N) is 2. The maximum Gasteiger partial charge on any atom is 0.130 e. The Morgan fingerprint density at radius 2 is 2.33 bits per heavy atom. The molecule has 3 rings (SSSR count). The molecule has 0 spiro atoms. The highest BCUT2D eigenvalue weighted by atomic mass is 15.1. The van der Waals surface area contributed by atoms with Crippen LogP contribution in [0, 0.1) is 5.92 Å². The number of piperidine rings is 1. The molecule has 21 heavy (non-hydrogen) atoms. The van der Waals surface area contributed by atoms with E-state index in [0.29, 0.717) is 5.92 Å². The molecule has 0 saturated carbocycles. The number of pyridine rings is 1. The van der Waals surface area contributed by atoms with Crippen LogP contribution in [0.15, 0.2) is 30.6 Å². The molecule has 0 bridgehead atoms. The quantitative estimate of drug-likeness (QED) is 0.885. The van der Waals surface area contributed by atoms with Gasteiger partial charge in [0.1, 0.15) is 5.82 Å². The van der Waals surface area contributed by atoms with Crippen LogP contribution < -0.4 is 5.32 Å². The number of nitrogens with zero attached hydrogens (tertiary/aromatic N) is 3. The van der Waals surface area contributed by atoms with Crippen LogP contribution in [0.3, 0.4) is 0 Å². The second-order valence-electron chi connectivity index (χ2n) is 5.79. The molecule has 112 valence electrons. The number of likely N-dealkylation sites (tertiary alicyclic amines) is 1. The van der Waals surface area contributed by atoms with Crippen molar-refractivity contribution in [3.05, 3.63) is 41.9 Å². The van der Waals surface area contributed by atoms with Gasteiger partial charge in [0.15, 0.2) is 0 Å². The van der Waals surface area contributed by atoms with Crippen molar-refractivity contribution in [1.29, 1.82) is 0 Å². The second kappa shape index (κ2) is 6.72. The third kappa shape index (κ3) is 3.61. The van der Waals surface area contributed by atoms with E-state index in [0.717, 1.165) is 25.3 Å². The van der Waals surface area contributed by atoms with E-state index in [9.17, 15) is 0 Å². The summed E-state index contributed by atoms with van der Waals surface area (Å²) >= 11 is 0. The minimum Gasteiger partial charge on any atom is -0.373 e. The molecule has 5 nitrogen and oxygen atoms in total. The van der Waals surface area contributed by atoms with Crippen LogP contribution in [0.25, 0.3) is 0 Å². The average Bonchev–Trinajstić information content (AvgIpc) is 3.01. The third-order valence-electron chi connectivity index (χ3n) is 4.19. The van der Waals surface area contributed by atoms with Crippen LogP contribution >= 0.6 is 0 Å². The Balaban J connectivity index is 1.60. The van der Waals surface area contributed by atoms with Crippen LogP contribution in [0.4, 0.5) is 5.82 Å². The van der Waals surface area contributed by atoms with Crippen molar-refractivity contribution < 1.29 is 0 Å². The van der Waals surface area contributed by atoms with Crippen LogP contribution in [-0.2, 0) is 13.0 Å². The number of hydrogen-bond acceptors (Lipinski definition) is 4. The highest BCUT2D eigenvalue weighted by molar-refractivity contribution is 5.42. The Hall–Kier alpha value is -1.88. The maximum absolute atomic E-state index is 4.39. The number of aromatic nitrogens is 3. The molecule has 1 aliphatic heterocycles. The lowest BCUT2D eigenvalue weighted by atomic mass is 9.93. The lowest BCUT2D eigenvalue weighted by Gasteiger charge is -2.32. The van der Waals surface area contributed by atoms with Crippen molar-refractivity contribution in [2.75, 3.05) is 25.5 Å². The first kappa shape index (κ1) is 14.1. The first-order chi connectivity index (χ1) is 10.3.